The van der Waals surface area contributed by atoms with Crippen molar-refractivity contribution in [3.8, 4) is 22.4 Å². The number of carboxylic acids is 1. The third-order valence-corrected chi connectivity index (χ3v) is 7.87. The molecule has 1 aliphatic heterocycles. The van der Waals surface area contributed by atoms with Crippen LogP contribution in [0.15, 0.2) is 102 Å². The van der Waals surface area contributed by atoms with Gasteiger partial charge in [-0.3, -0.25) is 9.69 Å². The highest BCUT2D eigenvalue weighted by Gasteiger charge is 2.38. The summed E-state index contributed by atoms with van der Waals surface area (Å²) in [6.07, 6.45) is -2.23. The molecule has 1 fully saturated rings. The first-order valence-electron chi connectivity index (χ1n) is 14.5. The number of fused-ring (bicyclic) bond motifs is 1. The van der Waals surface area contributed by atoms with Gasteiger partial charge in [0.2, 0.25) is 0 Å². The number of hydrogen-bond donors (Lipinski definition) is 2. The van der Waals surface area contributed by atoms with E-state index in [-0.39, 0.29) is 5.56 Å². The summed E-state index contributed by atoms with van der Waals surface area (Å²) in [7, 11) is 4.16. The SMILES string of the molecule is CN(C)c1ccc(C2CCN(Cc3ccc(-c4nc5cc[nH]c(=O)c5cc4-c4ccccc4)cc3)C2)cc1.O=C(O)C(F)(F)F. The number of halogens is 3. The molecule has 3 heterocycles. The molecule has 10 heteroatoms. The molecule has 0 spiro atoms. The minimum Gasteiger partial charge on any atom is -0.475 e. The van der Waals surface area contributed by atoms with Gasteiger partial charge < -0.3 is 15.0 Å². The number of likely N-dealkylation sites (tertiary alicyclic amines) is 1. The lowest BCUT2D eigenvalue weighted by Gasteiger charge is -2.18. The van der Waals surface area contributed by atoms with Gasteiger partial charge in [-0.2, -0.15) is 13.2 Å². The van der Waals surface area contributed by atoms with E-state index in [9.17, 15) is 18.0 Å². The Kier molecular flexibility index (Phi) is 9.34. The molecule has 1 aliphatic rings. The fourth-order valence-corrected chi connectivity index (χ4v) is 5.49. The molecule has 1 unspecified atom stereocenters. The lowest BCUT2D eigenvalue weighted by atomic mass is 9.97. The molecule has 1 saturated heterocycles. The molecule has 0 amide bonds. The summed E-state index contributed by atoms with van der Waals surface area (Å²) in [5.74, 6) is -2.17. The van der Waals surface area contributed by atoms with Crippen LogP contribution < -0.4 is 10.5 Å². The predicted molar refractivity (Wildman–Crippen MR) is 170 cm³/mol. The van der Waals surface area contributed by atoms with Crippen LogP contribution in [0.4, 0.5) is 18.9 Å². The van der Waals surface area contributed by atoms with Crippen molar-refractivity contribution in [3.63, 3.8) is 0 Å². The van der Waals surface area contributed by atoms with Crippen molar-refractivity contribution in [2.45, 2.75) is 25.1 Å². The average Bonchev–Trinajstić information content (AvgIpc) is 3.50. The maximum atomic E-state index is 12.5. The van der Waals surface area contributed by atoms with Gasteiger partial charge in [-0.1, -0.05) is 66.7 Å². The Morgan fingerprint density at radius 1 is 0.978 bits per heavy atom. The van der Waals surface area contributed by atoms with E-state index in [1.165, 1.54) is 23.2 Å². The molecule has 6 rings (SSSR count). The first-order chi connectivity index (χ1) is 21.5. The highest BCUT2D eigenvalue weighted by Crippen LogP contribution is 2.34. The number of rotatable bonds is 6. The quantitative estimate of drug-likeness (QED) is 0.215. The zero-order valence-corrected chi connectivity index (χ0v) is 24.9. The van der Waals surface area contributed by atoms with Crippen LogP contribution in [0.5, 0.6) is 0 Å². The van der Waals surface area contributed by atoms with Crippen molar-refractivity contribution in [1.29, 1.82) is 0 Å². The Hall–Kier alpha value is -4.96. The molecule has 7 nitrogen and oxygen atoms in total. The van der Waals surface area contributed by atoms with Gasteiger partial charge in [0, 0.05) is 50.2 Å². The summed E-state index contributed by atoms with van der Waals surface area (Å²) in [5.41, 5.74) is 8.51. The van der Waals surface area contributed by atoms with Gasteiger partial charge in [0.25, 0.3) is 5.56 Å². The van der Waals surface area contributed by atoms with Crippen LogP contribution in [-0.4, -0.2) is 59.3 Å². The number of nitrogens with one attached hydrogen (secondary N) is 1. The highest BCUT2D eigenvalue weighted by molar-refractivity contribution is 5.91. The highest BCUT2D eigenvalue weighted by atomic mass is 19.4. The van der Waals surface area contributed by atoms with Gasteiger partial charge in [0.1, 0.15) is 0 Å². The number of carboxylic acid groups (broad SMARTS) is 1. The molecule has 2 N–H and O–H groups in total. The Balaban J connectivity index is 0.000000515. The molecule has 5 aromatic rings. The predicted octanol–water partition coefficient (Wildman–Crippen LogP) is 6.95. The number of hydrogen-bond acceptors (Lipinski definition) is 5. The van der Waals surface area contributed by atoms with E-state index in [0.717, 1.165) is 42.0 Å². The first-order valence-corrected chi connectivity index (χ1v) is 14.5. The third-order valence-electron chi connectivity index (χ3n) is 7.87. The Morgan fingerprint density at radius 2 is 1.64 bits per heavy atom. The zero-order chi connectivity index (χ0) is 32.1. The van der Waals surface area contributed by atoms with E-state index in [0.29, 0.717) is 16.8 Å². The van der Waals surface area contributed by atoms with E-state index in [1.54, 1.807) is 6.20 Å². The molecule has 1 atom stereocenters. The van der Waals surface area contributed by atoms with Gasteiger partial charge in [0.15, 0.2) is 0 Å². The molecule has 0 bridgehead atoms. The van der Waals surface area contributed by atoms with Crippen LogP contribution in [0.3, 0.4) is 0 Å². The van der Waals surface area contributed by atoms with E-state index < -0.39 is 12.1 Å². The van der Waals surface area contributed by atoms with Gasteiger partial charge in [-0.25, -0.2) is 9.78 Å². The number of anilines is 1. The molecule has 0 saturated carbocycles. The monoisotopic (exact) mass is 614 g/mol. The lowest BCUT2D eigenvalue weighted by Crippen LogP contribution is -2.21. The smallest absolute Gasteiger partial charge is 0.475 e. The maximum absolute atomic E-state index is 12.5. The van der Waals surface area contributed by atoms with Crippen molar-refractivity contribution in [2.24, 2.45) is 0 Å². The van der Waals surface area contributed by atoms with E-state index in [2.05, 4.69) is 89.5 Å². The summed E-state index contributed by atoms with van der Waals surface area (Å²) in [5, 5.41) is 7.73. The molecule has 2 aromatic heterocycles. The molecule has 45 heavy (non-hydrogen) atoms. The van der Waals surface area contributed by atoms with Crippen LogP contribution in [-0.2, 0) is 11.3 Å². The molecule has 232 valence electrons. The zero-order valence-electron chi connectivity index (χ0n) is 24.9. The normalized spacial score (nSPS) is 15.0. The van der Waals surface area contributed by atoms with Crippen LogP contribution in [0.25, 0.3) is 33.3 Å². The van der Waals surface area contributed by atoms with Crippen molar-refractivity contribution in [2.75, 3.05) is 32.1 Å². The van der Waals surface area contributed by atoms with E-state index in [4.69, 9.17) is 14.9 Å². The second-order valence-electron chi connectivity index (χ2n) is 11.2. The van der Waals surface area contributed by atoms with E-state index in [1.807, 2.05) is 30.3 Å². The van der Waals surface area contributed by atoms with Crippen molar-refractivity contribution in [1.82, 2.24) is 14.9 Å². The van der Waals surface area contributed by atoms with Crippen molar-refractivity contribution in [3.05, 3.63) is 119 Å². The summed E-state index contributed by atoms with van der Waals surface area (Å²) >= 11 is 0. The summed E-state index contributed by atoms with van der Waals surface area (Å²) in [4.78, 5) is 33.8. The number of alkyl halides is 3. The second kappa shape index (κ2) is 13.4. The molecule has 0 aliphatic carbocycles. The van der Waals surface area contributed by atoms with Crippen molar-refractivity contribution >= 4 is 22.6 Å². The van der Waals surface area contributed by atoms with Gasteiger partial charge in [0.05, 0.1) is 16.6 Å². The molecule has 0 radical (unpaired) electrons. The summed E-state index contributed by atoms with van der Waals surface area (Å²) in [6, 6.07) is 31.8. The number of aromatic amines is 1. The Morgan fingerprint density at radius 3 is 2.27 bits per heavy atom. The summed E-state index contributed by atoms with van der Waals surface area (Å²) < 4.78 is 31.7. The fourth-order valence-electron chi connectivity index (χ4n) is 5.49. The number of aliphatic carboxylic acids is 1. The number of pyridine rings is 2. The van der Waals surface area contributed by atoms with Gasteiger partial charge in [-0.15, -0.1) is 0 Å². The lowest BCUT2D eigenvalue weighted by molar-refractivity contribution is -0.192. The average molecular weight is 615 g/mol. The number of nitrogens with zero attached hydrogens (tertiary/aromatic N) is 3. The van der Waals surface area contributed by atoms with Crippen molar-refractivity contribution < 1.29 is 23.1 Å². The van der Waals surface area contributed by atoms with Gasteiger partial charge >= 0.3 is 12.1 Å². The van der Waals surface area contributed by atoms with Crippen LogP contribution >= 0.6 is 0 Å². The van der Waals surface area contributed by atoms with Crippen LogP contribution in [0, 0.1) is 0 Å². The number of H-pyrrole nitrogens is 1. The Bertz CT molecular complexity index is 1820. The first kappa shape index (κ1) is 31.5. The number of aromatic nitrogens is 2. The van der Waals surface area contributed by atoms with Gasteiger partial charge in [-0.05, 0) is 59.8 Å². The molecule has 3 aromatic carbocycles. The minimum absolute atomic E-state index is 0.119. The molecular formula is C35H33F3N4O3. The number of benzene rings is 3. The largest absolute Gasteiger partial charge is 0.490 e. The second-order valence-corrected chi connectivity index (χ2v) is 11.2. The standard InChI is InChI=1S/C33H32N4O.C2HF3O2/c1-36(2)28-14-12-24(13-15-28)27-17-19-37(22-27)21-23-8-10-26(11-9-23)32-29(25-6-4-3-5-7-25)20-30-31(35-32)16-18-34-33(30)38;3-2(4,5)1(6)7/h3-16,18,20,27H,17,19,21-22H2,1-2H3,(H,34,38);(H,6,7). The molecular weight excluding hydrogens is 581 g/mol. The Labute approximate surface area is 258 Å². The third kappa shape index (κ3) is 7.58. The topological polar surface area (TPSA) is 89.5 Å². The van der Waals surface area contributed by atoms with Crippen LogP contribution in [0.2, 0.25) is 0 Å². The fraction of sp³-hybridized carbons (Fsp3) is 0.229. The number of carbonyl (C=O) groups is 1. The maximum Gasteiger partial charge on any atom is 0.490 e. The van der Waals surface area contributed by atoms with Crippen LogP contribution in [0.1, 0.15) is 23.5 Å². The minimum atomic E-state index is -5.08. The van der Waals surface area contributed by atoms with E-state index >= 15 is 0 Å². The summed E-state index contributed by atoms with van der Waals surface area (Å²) in [6.45, 7) is 3.14.